The average molecular weight is 241 g/mol. The number of H-pyrrole nitrogens is 1. The van der Waals surface area contributed by atoms with E-state index in [9.17, 15) is 4.39 Å². The molecule has 0 bridgehead atoms. The van der Waals surface area contributed by atoms with Crippen LogP contribution in [0.3, 0.4) is 0 Å². The van der Waals surface area contributed by atoms with Crippen LogP contribution in [0.25, 0.3) is 11.3 Å². The lowest BCUT2D eigenvalue weighted by Crippen LogP contribution is -1.89. The van der Waals surface area contributed by atoms with Crippen LogP contribution in [0.4, 0.5) is 4.39 Å². The SMILES string of the molecule is Fc1ccc(Cl)c(-c2ncc[nH]c2=S)c1. The van der Waals surface area contributed by atoms with Crippen LogP contribution in [0.1, 0.15) is 0 Å². The highest BCUT2D eigenvalue weighted by Gasteiger charge is 2.07. The summed E-state index contributed by atoms with van der Waals surface area (Å²) in [5.41, 5.74) is 0.982. The number of aromatic nitrogens is 2. The molecule has 0 aliphatic carbocycles. The van der Waals surface area contributed by atoms with Gasteiger partial charge in [0.05, 0.1) is 5.02 Å². The maximum Gasteiger partial charge on any atom is 0.129 e. The van der Waals surface area contributed by atoms with Gasteiger partial charge in [-0.3, -0.25) is 4.98 Å². The second-order valence-electron chi connectivity index (χ2n) is 2.89. The molecule has 1 aromatic carbocycles. The molecular formula is C10H6ClFN2S. The minimum Gasteiger partial charge on any atom is -0.350 e. The summed E-state index contributed by atoms with van der Waals surface area (Å²) in [6, 6.07) is 4.09. The molecule has 2 nitrogen and oxygen atoms in total. The van der Waals surface area contributed by atoms with Crippen molar-refractivity contribution in [2.75, 3.05) is 0 Å². The molecule has 0 aliphatic rings. The van der Waals surface area contributed by atoms with Gasteiger partial charge < -0.3 is 4.98 Å². The van der Waals surface area contributed by atoms with Crippen molar-refractivity contribution in [3.05, 3.63) is 46.1 Å². The average Bonchev–Trinajstić information content (AvgIpc) is 2.23. The van der Waals surface area contributed by atoms with Crippen molar-refractivity contribution in [3.8, 4) is 11.3 Å². The topological polar surface area (TPSA) is 28.7 Å². The van der Waals surface area contributed by atoms with Crippen LogP contribution < -0.4 is 0 Å². The number of nitrogens with zero attached hydrogens (tertiary/aromatic N) is 1. The Morgan fingerprint density at radius 1 is 1.40 bits per heavy atom. The Labute approximate surface area is 95.8 Å². The van der Waals surface area contributed by atoms with Gasteiger partial charge >= 0.3 is 0 Å². The summed E-state index contributed by atoms with van der Waals surface area (Å²) in [5, 5.41) is 0.426. The molecule has 15 heavy (non-hydrogen) atoms. The van der Waals surface area contributed by atoms with E-state index in [1.54, 1.807) is 12.4 Å². The third-order valence-electron chi connectivity index (χ3n) is 1.89. The highest BCUT2D eigenvalue weighted by molar-refractivity contribution is 7.71. The van der Waals surface area contributed by atoms with Crippen molar-refractivity contribution in [2.24, 2.45) is 0 Å². The molecule has 1 aromatic heterocycles. The zero-order valence-corrected chi connectivity index (χ0v) is 9.07. The van der Waals surface area contributed by atoms with E-state index in [2.05, 4.69) is 9.97 Å². The van der Waals surface area contributed by atoms with Gasteiger partial charge in [-0.25, -0.2) is 4.39 Å². The van der Waals surface area contributed by atoms with Crippen molar-refractivity contribution in [3.63, 3.8) is 0 Å². The van der Waals surface area contributed by atoms with Crippen molar-refractivity contribution < 1.29 is 4.39 Å². The van der Waals surface area contributed by atoms with E-state index in [1.807, 2.05) is 0 Å². The van der Waals surface area contributed by atoms with Crippen LogP contribution in [0.15, 0.2) is 30.6 Å². The molecule has 0 fully saturated rings. The normalized spacial score (nSPS) is 10.3. The standard InChI is InChI=1S/C10H6ClFN2S/c11-8-2-1-6(12)5-7(8)9-10(15)14-4-3-13-9/h1-5H,(H,14,15). The maximum absolute atomic E-state index is 13.0. The number of hydrogen-bond acceptors (Lipinski definition) is 2. The number of aromatic amines is 1. The highest BCUT2D eigenvalue weighted by Crippen LogP contribution is 2.26. The molecule has 0 aliphatic heterocycles. The molecule has 0 radical (unpaired) electrons. The van der Waals surface area contributed by atoms with Gasteiger partial charge in [-0.2, -0.15) is 0 Å². The van der Waals surface area contributed by atoms with Crippen molar-refractivity contribution >= 4 is 23.8 Å². The molecule has 0 amide bonds. The van der Waals surface area contributed by atoms with Gasteiger partial charge in [0.2, 0.25) is 0 Å². The molecule has 1 heterocycles. The lowest BCUT2D eigenvalue weighted by molar-refractivity contribution is 0.628. The Balaban J connectivity index is 2.69. The van der Waals surface area contributed by atoms with Crippen LogP contribution in [0.5, 0.6) is 0 Å². The summed E-state index contributed by atoms with van der Waals surface area (Å²) in [7, 11) is 0. The first kappa shape index (κ1) is 10.3. The predicted octanol–water partition coefficient (Wildman–Crippen LogP) is 3.60. The van der Waals surface area contributed by atoms with E-state index in [4.69, 9.17) is 23.8 Å². The Bertz CT molecular complexity index is 553. The summed E-state index contributed by atoms with van der Waals surface area (Å²) in [5.74, 6) is -0.366. The van der Waals surface area contributed by atoms with Gasteiger partial charge in [0.25, 0.3) is 0 Å². The molecule has 76 valence electrons. The third kappa shape index (κ3) is 2.06. The maximum atomic E-state index is 13.0. The summed E-state index contributed by atoms with van der Waals surface area (Å²) in [6.45, 7) is 0. The zero-order chi connectivity index (χ0) is 10.8. The zero-order valence-electron chi connectivity index (χ0n) is 7.50. The predicted molar refractivity (Wildman–Crippen MR) is 59.8 cm³/mol. The molecule has 0 atom stereocenters. The van der Waals surface area contributed by atoms with Crippen molar-refractivity contribution in [1.82, 2.24) is 9.97 Å². The van der Waals surface area contributed by atoms with Gasteiger partial charge in [-0.05, 0) is 18.2 Å². The van der Waals surface area contributed by atoms with Crippen LogP contribution in [-0.4, -0.2) is 9.97 Å². The van der Waals surface area contributed by atoms with E-state index < -0.39 is 0 Å². The Hall–Kier alpha value is -1.26. The monoisotopic (exact) mass is 240 g/mol. The molecular weight excluding hydrogens is 235 g/mol. The first-order chi connectivity index (χ1) is 7.18. The fourth-order valence-electron chi connectivity index (χ4n) is 1.22. The molecule has 0 spiro atoms. The summed E-state index contributed by atoms with van der Waals surface area (Å²) >= 11 is 11.0. The second-order valence-corrected chi connectivity index (χ2v) is 3.71. The summed E-state index contributed by atoms with van der Waals surface area (Å²) < 4.78 is 13.5. The minimum absolute atomic E-state index is 0.366. The summed E-state index contributed by atoms with van der Waals surface area (Å²) in [6.07, 6.45) is 3.16. The van der Waals surface area contributed by atoms with E-state index in [-0.39, 0.29) is 5.82 Å². The van der Waals surface area contributed by atoms with Crippen LogP contribution in [0, 0.1) is 10.5 Å². The first-order valence-corrected chi connectivity index (χ1v) is 4.96. The minimum atomic E-state index is -0.366. The molecule has 2 rings (SSSR count). The quantitative estimate of drug-likeness (QED) is 0.772. The van der Waals surface area contributed by atoms with Gasteiger partial charge in [-0.15, -0.1) is 0 Å². The van der Waals surface area contributed by atoms with Crippen molar-refractivity contribution in [2.45, 2.75) is 0 Å². The Morgan fingerprint density at radius 2 is 2.20 bits per heavy atom. The van der Waals surface area contributed by atoms with Gasteiger partial charge in [-0.1, -0.05) is 23.8 Å². The molecule has 0 unspecified atom stereocenters. The van der Waals surface area contributed by atoms with E-state index >= 15 is 0 Å². The van der Waals surface area contributed by atoms with Gasteiger partial charge in [0.15, 0.2) is 0 Å². The van der Waals surface area contributed by atoms with Gasteiger partial charge in [0, 0.05) is 18.0 Å². The smallest absolute Gasteiger partial charge is 0.129 e. The molecule has 0 saturated carbocycles. The fourth-order valence-corrected chi connectivity index (χ4v) is 1.66. The second kappa shape index (κ2) is 4.08. The number of benzene rings is 1. The molecule has 1 N–H and O–H groups in total. The summed E-state index contributed by atoms with van der Waals surface area (Å²) in [4.78, 5) is 6.88. The first-order valence-electron chi connectivity index (χ1n) is 4.17. The van der Waals surface area contributed by atoms with E-state index in [0.717, 1.165) is 0 Å². The highest BCUT2D eigenvalue weighted by atomic mass is 35.5. The van der Waals surface area contributed by atoms with E-state index in [1.165, 1.54) is 18.2 Å². The number of nitrogens with one attached hydrogen (secondary N) is 1. The number of rotatable bonds is 1. The third-order valence-corrected chi connectivity index (χ3v) is 2.53. The van der Waals surface area contributed by atoms with Crippen LogP contribution in [-0.2, 0) is 0 Å². The fraction of sp³-hybridized carbons (Fsp3) is 0. The van der Waals surface area contributed by atoms with Crippen LogP contribution in [0.2, 0.25) is 5.02 Å². The Morgan fingerprint density at radius 3 is 2.93 bits per heavy atom. The van der Waals surface area contributed by atoms with Crippen LogP contribution >= 0.6 is 23.8 Å². The molecule has 5 heteroatoms. The lowest BCUT2D eigenvalue weighted by Gasteiger charge is -2.03. The lowest BCUT2D eigenvalue weighted by atomic mass is 10.1. The Kier molecular flexibility index (Phi) is 2.79. The molecule has 2 aromatic rings. The van der Waals surface area contributed by atoms with Gasteiger partial charge in [0.1, 0.15) is 16.2 Å². The largest absolute Gasteiger partial charge is 0.350 e. The van der Waals surface area contributed by atoms with E-state index in [0.29, 0.717) is 20.9 Å². The van der Waals surface area contributed by atoms with Crippen molar-refractivity contribution in [1.29, 1.82) is 0 Å². The number of halogens is 2. The molecule has 0 saturated heterocycles. The number of hydrogen-bond donors (Lipinski definition) is 1.